The van der Waals surface area contributed by atoms with E-state index in [0.717, 1.165) is 5.56 Å². The van der Waals surface area contributed by atoms with Gasteiger partial charge in [-0.1, -0.05) is 30.3 Å². The van der Waals surface area contributed by atoms with Crippen LogP contribution in [0.5, 0.6) is 0 Å². The van der Waals surface area contributed by atoms with Crippen molar-refractivity contribution in [3.63, 3.8) is 0 Å². The number of hydrogen-bond donors (Lipinski definition) is 0. The van der Waals surface area contributed by atoms with Crippen LogP contribution in [-0.4, -0.2) is 29.0 Å². The van der Waals surface area contributed by atoms with E-state index in [0.29, 0.717) is 24.6 Å². The van der Waals surface area contributed by atoms with E-state index in [9.17, 15) is 8.78 Å². The zero-order chi connectivity index (χ0) is 13.2. The number of aromatic nitrogens is 2. The number of hydrogen-bond acceptors (Lipinski definition) is 3. The number of alkyl halides is 2. The molecule has 0 bridgehead atoms. The minimum absolute atomic E-state index is 0.516. The first kappa shape index (κ1) is 12.0. The van der Waals surface area contributed by atoms with Crippen molar-refractivity contribution in [3.8, 4) is 11.4 Å². The van der Waals surface area contributed by atoms with Crippen LogP contribution < -0.4 is 4.90 Å². The second-order valence-electron chi connectivity index (χ2n) is 4.49. The SMILES string of the molecule is FC(F)[C@H]1CCN1c1ccnc(-c2ccccc2)n1. The zero-order valence-electron chi connectivity index (χ0n) is 10.2. The summed E-state index contributed by atoms with van der Waals surface area (Å²) in [6.45, 7) is 0.625. The van der Waals surface area contributed by atoms with E-state index in [1.54, 1.807) is 17.2 Å². The van der Waals surface area contributed by atoms with Gasteiger partial charge in [-0.05, 0) is 12.5 Å². The first-order chi connectivity index (χ1) is 9.25. The second kappa shape index (κ2) is 4.91. The molecule has 1 aliphatic heterocycles. The molecular formula is C14H13F2N3. The fraction of sp³-hybridized carbons (Fsp3) is 0.286. The van der Waals surface area contributed by atoms with Gasteiger partial charge in [-0.2, -0.15) is 0 Å². The molecule has 1 aromatic carbocycles. The van der Waals surface area contributed by atoms with Gasteiger partial charge in [0, 0.05) is 18.3 Å². The van der Waals surface area contributed by atoms with Crippen LogP contribution in [0.2, 0.25) is 0 Å². The van der Waals surface area contributed by atoms with Gasteiger partial charge in [0.05, 0.1) is 6.04 Å². The maximum atomic E-state index is 12.8. The van der Waals surface area contributed by atoms with Gasteiger partial charge in [-0.15, -0.1) is 0 Å². The quantitative estimate of drug-likeness (QED) is 0.850. The average molecular weight is 261 g/mol. The van der Waals surface area contributed by atoms with Crippen LogP contribution in [0.15, 0.2) is 42.6 Å². The minimum Gasteiger partial charge on any atom is -0.348 e. The molecule has 1 aliphatic rings. The lowest BCUT2D eigenvalue weighted by Crippen LogP contribution is -2.52. The average Bonchev–Trinajstić information content (AvgIpc) is 2.38. The molecule has 1 atom stereocenters. The number of benzene rings is 1. The van der Waals surface area contributed by atoms with Crippen molar-refractivity contribution in [1.82, 2.24) is 9.97 Å². The molecule has 0 amide bonds. The highest BCUT2D eigenvalue weighted by Gasteiger charge is 2.36. The Labute approximate surface area is 109 Å². The van der Waals surface area contributed by atoms with E-state index in [1.165, 1.54) is 0 Å². The summed E-state index contributed by atoms with van der Waals surface area (Å²) in [5, 5.41) is 0. The van der Waals surface area contributed by atoms with Gasteiger partial charge in [0.1, 0.15) is 5.82 Å². The molecule has 0 radical (unpaired) electrons. The van der Waals surface area contributed by atoms with Crippen LogP contribution in [0.1, 0.15) is 6.42 Å². The van der Waals surface area contributed by atoms with Crippen LogP contribution in [0.3, 0.4) is 0 Å². The van der Waals surface area contributed by atoms with E-state index in [2.05, 4.69) is 9.97 Å². The third-order valence-electron chi connectivity index (χ3n) is 3.32. The summed E-state index contributed by atoms with van der Waals surface area (Å²) in [6.07, 6.45) is -0.197. The molecule has 2 heterocycles. The van der Waals surface area contributed by atoms with Crippen molar-refractivity contribution in [2.24, 2.45) is 0 Å². The highest BCUT2D eigenvalue weighted by molar-refractivity contribution is 5.57. The molecule has 0 saturated carbocycles. The smallest absolute Gasteiger partial charge is 0.258 e. The van der Waals surface area contributed by atoms with Crippen LogP contribution >= 0.6 is 0 Å². The molecule has 0 unspecified atom stereocenters. The second-order valence-corrected chi connectivity index (χ2v) is 4.49. The van der Waals surface area contributed by atoms with Crippen molar-refractivity contribution >= 4 is 5.82 Å². The Morgan fingerprint density at radius 3 is 2.58 bits per heavy atom. The summed E-state index contributed by atoms with van der Waals surface area (Å²) >= 11 is 0. The maximum absolute atomic E-state index is 12.8. The Morgan fingerprint density at radius 2 is 1.95 bits per heavy atom. The van der Waals surface area contributed by atoms with Crippen molar-refractivity contribution in [2.45, 2.75) is 18.9 Å². The van der Waals surface area contributed by atoms with Gasteiger partial charge in [-0.25, -0.2) is 18.7 Å². The number of halogens is 2. The third kappa shape index (κ3) is 2.28. The van der Waals surface area contributed by atoms with Crippen LogP contribution in [0, 0.1) is 0 Å². The van der Waals surface area contributed by atoms with E-state index in [1.807, 2.05) is 30.3 Å². The Morgan fingerprint density at radius 1 is 1.16 bits per heavy atom. The summed E-state index contributed by atoms with van der Waals surface area (Å²) in [7, 11) is 0. The Bertz CT molecular complexity index is 560. The van der Waals surface area contributed by atoms with E-state index in [4.69, 9.17) is 0 Å². The molecule has 0 N–H and O–H groups in total. The Kier molecular flexibility index (Phi) is 3.11. The van der Waals surface area contributed by atoms with Crippen LogP contribution in [-0.2, 0) is 0 Å². The maximum Gasteiger partial charge on any atom is 0.258 e. The normalized spacial score (nSPS) is 18.5. The van der Waals surface area contributed by atoms with Crippen LogP contribution in [0.25, 0.3) is 11.4 Å². The fourth-order valence-corrected chi connectivity index (χ4v) is 2.19. The van der Waals surface area contributed by atoms with E-state index in [-0.39, 0.29) is 0 Å². The van der Waals surface area contributed by atoms with Crippen LogP contribution in [0.4, 0.5) is 14.6 Å². The fourth-order valence-electron chi connectivity index (χ4n) is 2.19. The third-order valence-corrected chi connectivity index (χ3v) is 3.32. The predicted octanol–water partition coefficient (Wildman–Crippen LogP) is 2.99. The molecule has 2 aromatic rings. The zero-order valence-corrected chi connectivity index (χ0v) is 10.2. The summed E-state index contributed by atoms with van der Waals surface area (Å²) in [5.74, 6) is 1.14. The van der Waals surface area contributed by atoms with Crippen molar-refractivity contribution in [3.05, 3.63) is 42.6 Å². The van der Waals surface area contributed by atoms with Gasteiger partial charge in [0.15, 0.2) is 5.82 Å². The number of anilines is 1. The highest BCUT2D eigenvalue weighted by Crippen LogP contribution is 2.29. The largest absolute Gasteiger partial charge is 0.348 e. The van der Waals surface area contributed by atoms with Gasteiger partial charge >= 0.3 is 0 Å². The summed E-state index contributed by atoms with van der Waals surface area (Å²) in [4.78, 5) is 10.2. The standard InChI is InChI=1S/C14H13F2N3/c15-13(16)11-7-9-19(11)12-6-8-17-14(18-12)10-4-2-1-3-5-10/h1-6,8,11,13H,7,9H2/t11-/m1/s1. The molecule has 3 nitrogen and oxygen atoms in total. The molecule has 1 saturated heterocycles. The minimum atomic E-state index is -2.33. The molecular weight excluding hydrogens is 248 g/mol. The highest BCUT2D eigenvalue weighted by atomic mass is 19.3. The monoisotopic (exact) mass is 261 g/mol. The van der Waals surface area contributed by atoms with E-state index >= 15 is 0 Å². The Balaban J connectivity index is 1.89. The molecule has 1 aromatic heterocycles. The van der Waals surface area contributed by atoms with Gasteiger partial charge in [-0.3, -0.25) is 0 Å². The molecule has 0 aliphatic carbocycles. The molecule has 5 heteroatoms. The summed E-state index contributed by atoms with van der Waals surface area (Å²) in [5.41, 5.74) is 0.887. The topological polar surface area (TPSA) is 29.0 Å². The van der Waals surface area contributed by atoms with Gasteiger partial charge in [0.25, 0.3) is 6.43 Å². The van der Waals surface area contributed by atoms with Crippen molar-refractivity contribution in [1.29, 1.82) is 0 Å². The van der Waals surface area contributed by atoms with E-state index < -0.39 is 12.5 Å². The summed E-state index contributed by atoms with van der Waals surface area (Å²) < 4.78 is 25.5. The lowest BCUT2D eigenvalue weighted by atomic mass is 10.0. The van der Waals surface area contributed by atoms with Crippen molar-refractivity contribution < 1.29 is 8.78 Å². The first-order valence-electron chi connectivity index (χ1n) is 6.19. The predicted molar refractivity (Wildman–Crippen MR) is 69.2 cm³/mol. The number of rotatable bonds is 3. The van der Waals surface area contributed by atoms with Crippen molar-refractivity contribution in [2.75, 3.05) is 11.4 Å². The lowest BCUT2D eigenvalue weighted by Gasteiger charge is -2.41. The lowest BCUT2D eigenvalue weighted by molar-refractivity contribution is 0.0872. The first-order valence-corrected chi connectivity index (χ1v) is 6.19. The van der Waals surface area contributed by atoms with Gasteiger partial charge in [0.2, 0.25) is 0 Å². The molecule has 19 heavy (non-hydrogen) atoms. The Hall–Kier alpha value is -2.04. The number of nitrogens with zero attached hydrogens (tertiary/aromatic N) is 3. The molecule has 0 spiro atoms. The molecule has 3 rings (SSSR count). The van der Waals surface area contributed by atoms with Gasteiger partial charge < -0.3 is 4.90 Å². The summed E-state index contributed by atoms with van der Waals surface area (Å²) in [6, 6.07) is 10.5. The molecule has 1 fully saturated rings. The molecule has 98 valence electrons.